The maximum atomic E-state index is 11.8. The van der Waals surface area contributed by atoms with Crippen molar-refractivity contribution in [2.45, 2.75) is 25.8 Å². The summed E-state index contributed by atoms with van der Waals surface area (Å²) in [6.07, 6.45) is 1.62. The van der Waals surface area contributed by atoms with Gasteiger partial charge in [-0.05, 0) is 53.5 Å². The lowest BCUT2D eigenvalue weighted by Crippen LogP contribution is -2.23. The normalized spacial score (nSPS) is 16.3. The minimum absolute atomic E-state index is 0.224. The zero-order valence-corrected chi connectivity index (χ0v) is 14.2. The molecule has 1 aromatic carbocycles. The summed E-state index contributed by atoms with van der Waals surface area (Å²) in [5.41, 5.74) is 2.03. The Bertz CT molecular complexity index is 655. The average Bonchev–Trinajstić information content (AvgIpc) is 3.08. The van der Waals surface area contributed by atoms with E-state index >= 15 is 0 Å². The summed E-state index contributed by atoms with van der Waals surface area (Å²) in [7, 11) is 0. The number of anilines is 2. The Balaban J connectivity index is 1.75. The standard InChI is InChI=1S/C16H17BrN2OS/c1-11(15-8-12(17)10-21-15)18-13-4-2-5-14(9-13)19-7-3-6-16(19)20/h2,4-5,8-11,18H,3,6-7H2,1H3. The summed E-state index contributed by atoms with van der Waals surface area (Å²) >= 11 is 5.22. The van der Waals surface area contributed by atoms with Crippen LogP contribution < -0.4 is 10.2 Å². The van der Waals surface area contributed by atoms with Crippen molar-refractivity contribution >= 4 is 44.5 Å². The van der Waals surface area contributed by atoms with E-state index in [4.69, 9.17) is 0 Å². The van der Waals surface area contributed by atoms with E-state index in [1.807, 2.05) is 23.1 Å². The van der Waals surface area contributed by atoms with Gasteiger partial charge in [0.05, 0.1) is 6.04 Å². The topological polar surface area (TPSA) is 32.3 Å². The van der Waals surface area contributed by atoms with Gasteiger partial charge in [-0.3, -0.25) is 4.79 Å². The molecule has 1 atom stereocenters. The number of carbonyl (C=O) groups excluding carboxylic acids is 1. The number of thiophene rings is 1. The molecule has 2 heterocycles. The van der Waals surface area contributed by atoms with Crippen LogP contribution in [-0.2, 0) is 4.79 Å². The molecule has 21 heavy (non-hydrogen) atoms. The van der Waals surface area contributed by atoms with Gasteiger partial charge in [0.15, 0.2) is 0 Å². The van der Waals surface area contributed by atoms with Gasteiger partial charge in [0.2, 0.25) is 5.91 Å². The third-order valence-electron chi connectivity index (χ3n) is 3.63. The predicted octanol–water partition coefficient (Wildman–Crippen LogP) is 4.81. The first-order valence-electron chi connectivity index (χ1n) is 7.04. The molecular weight excluding hydrogens is 348 g/mol. The van der Waals surface area contributed by atoms with E-state index in [-0.39, 0.29) is 11.9 Å². The summed E-state index contributed by atoms with van der Waals surface area (Å²) in [5.74, 6) is 0.224. The zero-order valence-electron chi connectivity index (χ0n) is 11.8. The van der Waals surface area contributed by atoms with E-state index in [2.05, 4.69) is 45.7 Å². The Kier molecular flexibility index (Phi) is 4.31. The summed E-state index contributed by atoms with van der Waals surface area (Å²) in [5, 5.41) is 5.59. The van der Waals surface area contributed by atoms with Crippen LogP contribution in [0.5, 0.6) is 0 Å². The van der Waals surface area contributed by atoms with E-state index in [0.717, 1.165) is 28.8 Å². The van der Waals surface area contributed by atoms with Crippen LogP contribution in [0.2, 0.25) is 0 Å². The lowest BCUT2D eigenvalue weighted by Gasteiger charge is -2.19. The van der Waals surface area contributed by atoms with Crippen molar-refractivity contribution in [1.29, 1.82) is 0 Å². The molecule has 1 aromatic heterocycles. The van der Waals surface area contributed by atoms with Gasteiger partial charge in [0.25, 0.3) is 0 Å². The summed E-state index contributed by atoms with van der Waals surface area (Å²) in [4.78, 5) is 15.0. The fourth-order valence-electron chi connectivity index (χ4n) is 2.56. The number of nitrogens with zero attached hydrogens (tertiary/aromatic N) is 1. The Morgan fingerprint density at radius 3 is 2.90 bits per heavy atom. The van der Waals surface area contributed by atoms with Gasteiger partial charge in [0, 0.05) is 39.1 Å². The van der Waals surface area contributed by atoms with Gasteiger partial charge in [-0.15, -0.1) is 11.3 Å². The van der Waals surface area contributed by atoms with Crippen molar-refractivity contribution in [1.82, 2.24) is 0 Å². The van der Waals surface area contributed by atoms with E-state index in [0.29, 0.717) is 6.42 Å². The van der Waals surface area contributed by atoms with Gasteiger partial charge in [-0.25, -0.2) is 0 Å². The number of halogens is 1. The molecule has 0 radical (unpaired) electrons. The molecule has 0 saturated carbocycles. The first-order valence-corrected chi connectivity index (χ1v) is 8.71. The predicted molar refractivity (Wildman–Crippen MR) is 92.1 cm³/mol. The molecule has 1 aliphatic heterocycles. The molecule has 1 saturated heterocycles. The Morgan fingerprint density at radius 1 is 1.38 bits per heavy atom. The monoisotopic (exact) mass is 364 g/mol. The maximum Gasteiger partial charge on any atom is 0.227 e. The third-order valence-corrected chi connectivity index (χ3v) is 5.51. The fourth-order valence-corrected chi connectivity index (χ4v) is 4.01. The van der Waals surface area contributed by atoms with Crippen molar-refractivity contribution < 1.29 is 4.79 Å². The van der Waals surface area contributed by atoms with Crippen LogP contribution in [0.3, 0.4) is 0 Å². The minimum atomic E-state index is 0.224. The van der Waals surface area contributed by atoms with Crippen LogP contribution in [0.1, 0.15) is 30.7 Å². The van der Waals surface area contributed by atoms with E-state index in [1.165, 1.54) is 4.88 Å². The van der Waals surface area contributed by atoms with Gasteiger partial charge in [-0.2, -0.15) is 0 Å². The molecule has 0 aliphatic carbocycles. The van der Waals surface area contributed by atoms with E-state index < -0.39 is 0 Å². The van der Waals surface area contributed by atoms with Crippen molar-refractivity contribution in [2.75, 3.05) is 16.8 Å². The molecule has 1 N–H and O–H groups in total. The van der Waals surface area contributed by atoms with Gasteiger partial charge < -0.3 is 10.2 Å². The molecule has 1 amide bonds. The summed E-state index contributed by atoms with van der Waals surface area (Å²) in [6.45, 7) is 2.97. The Morgan fingerprint density at radius 2 is 2.24 bits per heavy atom. The highest BCUT2D eigenvalue weighted by Gasteiger charge is 2.21. The Labute approximate surface area is 137 Å². The highest BCUT2D eigenvalue weighted by molar-refractivity contribution is 9.10. The molecule has 5 heteroatoms. The second kappa shape index (κ2) is 6.20. The smallest absolute Gasteiger partial charge is 0.227 e. The van der Waals surface area contributed by atoms with Crippen LogP contribution in [0.25, 0.3) is 0 Å². The number of amides is 1. The quantitative estimate of drug-likeness (QED) is 0.843. The molecule has 0 spiro atoms. The fraction of sp³-hybridized carbons (Fsp3) is 0.312. The van der Waals surface area contributed by atoms with E-state index in [1.54, 1.807) is 11.3 Å². The lowest BCUT2D eigenvalue weighted by molar-refractivity contribution is -0.117. The number of nitrogens with one attached hydrogen (secondary N) is 1. The number of rotatable bonds is 4. The second-order valence-corrected chi connectivity index (χ2v) is 7.09. The van der Waals surface area contributed by atoms with Gasteiger partial charge in [0.1, 0.15) is 0 Å². The van der Waals surface area contributed by atoms with Crippen LogP contribution in [-0.4, -0.2) is 12.5 Å². The van der Waals surface area contributed by atoms with Crippen molar-refractivity contribution in [3.8, 4) is 0 Å². The Hall–Kier alpha value is -1.33. The van der Waals surface area contributed by atoms with E-state index in [9.17, 15) is 4.79 Å². The van der Waals surface area contributed by atoms with Crippen LogP contribution in [0, 0.1) is 0 Å². The summed E-state index contributed by atoms with van der Waals surface area (Å²) in [6, 6.07) is 10.5. The second-order valence-electron chi connectivity index (χ2n) is 5.23. The summed E-state index contributed by atoms with van der Waals surface area (Å²) < 4.78 is 1.12. The number of benzene rings is 1. The van der Waals surface area contributed by atoms with Crippen LogP contribution in [0.4, 0.5) is 11.4 Å². The lowest BCUT2D eigenvalue weighted by atomic mass is 10.2. The number of hydrogen-bond acceptors (Lipinski definition) is 3. The molecule has 1 aliphatic rings. The van der Waals surface area contributed by atoms with Gasteiger partial charge in [-0.1, -0.05) is 6.07 Å². The molecule has 110 valence electrons. The highest BCUT2D eigenvalue weighted by atomic mass is 79.9. The van der Waals surface area contributed by atoms with Crippen molar-refractivity contribution in [3.05, 3.63) is 45.1 Å². The molecule has 1 unspecified atom stereocenters. The minimum Gasteiger partial charge on any atom is -0.378 e. The van der Waals surface area contributed by atoms with Crippen LogP contribution in [0.15, 0.2) is 40.2 Å². The third kappa shape index (κ3) is 3.30. The number of hydrogen-bond donors (Lipinski definition) is 1. The molecule has 2 aromatic rings. The highest BCUT2D eigenvalue weighted by Crippen LogP contribution is 2.30. The first kappa shape index (κ1) is 14.6. The molecular formula is C16H17BrN2OS. The molecule has 1 fully saturated rings. The van der Waals surface area contributed by atoms with Crippen molar-refractivity contribution in [2.24, 2.45) is 0 Å². The molecule has 3 nitrogen and oxygen atoms in total. The largest absolute Gasteiger partial charge is 0.378 e. The van der Waals surface area contributed by atoms with Gasteiger partial charge >= 0.3 is 0 Å². The average molecular weight is 365 g/mol. The molecule has 0 bridgehead atoms. The van der Waals surface area contributed by atoms with Crippen molar-refractivity contribution in [3.63, 3.8) is 0 Å². The first-order chi connectivity index (χ1) is 10.1. The van der Waals surface area contributed by atoms with Crippen LogP contribution >= 0.6 is 27.3 Å². The SMILES string of the molecule is CC(Nc1cccc(N2CCCC2=O)c1)c1cc(Br)cs1. The zero-order chi connectivity index (χ0) is 14.8. The number of carbonyl (C=O) groups is 1. The maximum absolute atomic E-state index is 11.8. The molecule has 3 rings (SSSR count).